The SMILES string of the molecule is O=C1CCN(Cc2ccccc2C(F)(F)F)C(=O)C1. The molecule has 0 unspecified atom stereocenters. The van der Waals surface area contributed by atoms with Crippen LogP contribution in [-0.4, -0.2) is 23.1 Å². The fourth-order valence-corrected chi connectivity index (χ4v) is 2.06. The van der Waals surface area contributed by atoms with E-state index in [0.717, 1.165) is 6.07 Å². The van der Waals surface area contributed by atoms with Crippen LogP contribution in [-0.2, 0) is 22.3 Å². The lowest BCUT2D eigenvalue weighted by Gasteiger charge is -2.27. The lowest BCUT2D eigenvalue weighted by molar-refractivity contribution is -0.143. The molecule has 3 nitrogen and oxygen atoms in total. The molecule has 0 aromatic heterocycles. The van der Waals surface area contributed by atoms with Crippen LogP contribution < -0.4 is 0 Å². The number of Topliss-reactive ketones (excluding diaryl/α,β-unsaturated/α-hetero) is 1. The third kappa shape index (κ3) is 3.13. The first-order valence-electron chi connectivity index (χ1n) is 5.82. The molecule has 1 aromatic carbocycles. The van der Waals surface area contributed by atoms with Crippen molar-refractivity contribution in [3.05, 3.63) is 35.4 Å². The van der Waals surface area contributed by atoms with E-state index in [1.54, 1.807) is 0 Å². The molecule has 6 heteroatoms. The fourth-order valence-electron chi connectivity index (χ4n) is 2.06. The smallest absolute Gasteiger partial charge is 0.338 e. The van der Waals surface area contributed by atoms with Crippen LogP contribution in [0, 0.1) is 0 Å². The van der Waals surface area contributed by atoms with Crippen LogP contribution in [0.4, 0.5) is 13.2 Å². The van der Waals surface area contributed by atoms with Gasteiger partial charge in [0, 0.05) is 19.5 Å². The van der Waals surface area contributed by atoms with Gasteiger partial charge in [0.1, 0.15) is 5.78 Å². The summed E-state index contributed by atoms with van der Waals surface area (Å²) in [5.41, 5.74) is -0.683. The maximum absolute atomic E-state index is 12.8. The van der Waals surface area contributed by atoms with E-state index in [4.69, 9.17) is 0 Å². The summed E-state index contributed by atoms with van der Waals surface area (Å²) in [5.74, 6) is -0.571. The first-order chi connectivity index (χ1) is 8.88. The van der Waals surface area contributed by atoms with Gasteiger partial charge in [0.25, 0.3) is 0 Å². The monoisotopic (exact) mass is 271 g/mol. The molecule has 0 bridgehead atoms. The second-order valence-electron chi connectivity index (χ2n) is 4.44. The molecule has 1 aliphatic heterocycles. The van der Waals surface area contributed by atoms with Crippen LogP contribution in [0.15, 0.2) is 24.3 Å². The second-order valence-corrected chi connectivity index (χ2v) is 4.44. The third-order valence-corrected chi connectivity index (χ3v) is 3.05. The van der Waals surface area contributed by atoms with Gasteiger partial charge in [0.15, 0.2) is 0 Å². The van der Waals surface area contributed by atoms with E-state index < -0.39 is 17.6 Å². The molecule has 0 N–H and O–H groups in total. The van der Waals surface area contributed by atoms with Gasteiger partial charge < -0.3 is 4.90 Å². The van der Waals surface area contributed by atoms with Crippen molar-refractivity contribution in [2.45, 2.75) is 25.6 Å². The number of hydrogen-bond donors (Lipinski definition) is 0. The summed E-state index contributed by atoms with van der Waals surface area (Å²) in [5, 5.41) is 0. The minimum Gasteiger partial charge on any atom is -0.338 e. The number of benzene rings is 1. The van der Waals surface area contributed by atoms with Crippen molar-refractivity contribution in [2.24, 2.45) is 0 Å². The summed E-state index contributed by atoms with van der Waals surface area (Å²) in [6, 6.07) is 5.17. The highest BCUT2D eigenvalue weighted by Crippen LogP contribution is 2.32. The summed E-state index contributed by atoms with van der Waals surface area (Å²) in [6.07, 6.45) is -4.45. The molecule has 102 valence electrons. The third-order valence-electron chi connectivity index (χ3n) is 3.05. The van der Waals surface area contributed by atoms with E-state index in [1.165, 1.54) is 23.1 Å². The van der Waals surface area contributed by atoms with E-state index in [9.17, 15) is 22.8 Å². The molecular weight excluding hydrogens is 259 g/mol. The standard InChI is InChI=1S/C13H12F3NO2/c14-13(15,16)11-4-2-1-3-9(11)8-17-6-5-10(18)7-12(17)19/h1-4H,5-8H2. The quantitative estimate of drug-likeness (QED) is 0.774. The molecule has 1 aromatic rings. The Morgan fingerprint density at radius 1 is 1.16 bits per heavy atom. The summed E-state index contributed by atoms with van der Waals surface area (Å²) in [4.78, 5) is 24.0. The molecule has 1 heterocycles. The number of ketones is 1. The van der Waals surface area contributed by atoms with Gasteiger partial charge in [-0.1, -0.05) is 18.2 Å². The van der Waals surface area contributed by atoms with Crippen molar-refractivity contribution in [1.82, 2.24) is 4.90 Å². The minimum atomic E-state index is -4.44. The highest BCUT2D eigenvalue weighted by Gasteiger charge is 2.34. The average molecular weight is 271 g/mol. The molecule has 0 saturated carbocycles. The van der Waals surface area contributed by atoms with Gasteiger partial charge in [0.2, 0.25) is 5.91 Å². The van der Waals surface area contributed by atoms with Crippen LogP contribution in [0.25, 0.3) is 0 Å². The number of nitrogens with zero attached hydrogens (tertiary/aromatic N) is 1. The Kier molecular flexibility index (Phi) is 3.59. The Balaban J connectivity index is 2.20. The molecule has 0 radical (unpaired) electrons. The van der Waals surface area contributed by atoms with Crippen LogP contribution >= 0.6 is 0 Å². The van der Waals surface area contributed by atoms with Gasteiger partial charge in [0.05, 0.1) is 12.0 Å². The number of amides is 1. The number of likely N-dealkylation sites (tertiary alicyclic amines) is 1. The van der Waals surface area contributed by atoms with Crippen molar-refractivity contribution in [1.29, 1.82) is 0 Å². The van der Waals surface area contributed by atoms with Gasteiger partial charge in [-0.15, -0.1) is 0 Å². The zero-order valence-corrected chi connectivity index (χ0v) is 10.0. The zero-order chi connectivity index (χ0) is 14.0. The van der Waals surface area contributed by atoms with Crippen LogP contribution in [0.1, 0.15) is 24.0 Å². The molecule has 1 aliphatic rings. The summed E-state index contributed by atoms with van der Waals surface area (Å²) < 4.78 is 38.4. The first kappa shape index (κ1) is 13.6. The second kappa shape index (κ2) is 5.03. The number of carbonyl (C=O) groups excluding carboxylic acids is 2. The highest BCUT2D eigenvalue weighted by molar-refractivity contribution is 6.00. The van der Waals surface area contributed by atoms with Gasteiger partial charge in [-0.3, -0.25) is 9.59 Å². The molecule has 1 amide bonds. The van der Waals surface area contributed by atoms with Crippen molar-refractivity contribution >= 4 is 11.7 Å². The predicted octanol–water partition coefficient (Wildman–Crippen LogP) is 2.40. The Morgan fingerprint density at radius 3 is 2.47 bits per heavy atom. The molecule has 1 fully saturated rings. The molecule has 2 rings (SSSR count). The van der Waals surface area contributed by atoms with Crippen molar-refractivity contribution < 1.29 is 22.8 Å². The summed E-state index contributed by atoms with van der Waals surface area (Å²) in [6.45, 7) is 0.0751. The van der Waals surface area contributed by atoms with E-state index >= 15 is 0 Å². The Labute approximate surface area is 108 Å². The largest absolute Gasteiger partial charge is 0.416 e. The summed E-state index contributed by atoms with van der Waals surface area (Å²) in [7, 11) is 0. The van der Waals surface area contributed by atoms with E-state index in [0.29, 0.717) is 0 Å². The van der Waals surface area contributed by atoms with Crippen molar-refractivity contribution in [3.63, 3.8) is 0 Å². The number of halogens is 3. The van der Waals surface area contributed by atoms with Gasteiger partial charge >= 0.3 is 6.18 Å². The van der Waals surface area contributed by atoms with Crippen molar-refractivity contribution in [3.8, 4) is 0 Å². The first-order valence-corrected chi connectivity index (χ1v) is 5.82. The average Bonchev–Trinajstić information content (AvgIpc) is 2.32. The normalized spacial score (nSPS) is 16.9. The van der Waals surface area contributed by atoms with Gasteiger partial charge in [-0.05, 0) is 11.6 Å². The van der Waals surface area contributed by atoms with E-state index in [1.807, 2.05) is 0 Å². The number of piperidine rings is 1. The topological polar surface area (TPSA) is 37.4 Å². The molecular formula is C13H12F3NO2. The molecule has 0 spiro atoms. The lowest BCUT2D eigenvalue weighted by Crippen LogP contribution is -2.38. The molecule has 0 atom stereocenters. The van der Waals surface area contributed by atoms with Gasteiger partial charge in [-0.25, -0.2) is 0 Å². The van der Waals surface area contributed by atoms with Gasteiger partial charge in [-0.2, -0.15) is 13.2 Å². The highest BCUT2D eigenvalue weighted by atomic mass is 19.4. The maximum atomic E-state index is 12.8. The summed E-state index contributed by atoms with van der Waals surface area (Å²) >= 11 is 0. The zero-order valence-electron chi connectivity index (χ0n) is 10.0. The maximum Gasteiger partial charge on any atom is 0.416 e. The number of hydrogen-bond acceptors (Lipinski definition) is 2. The van der Waals surface area contributed by atoms with Crippen LogP contribution in [0.5, 0.6) is 0 Å². The fraction of sp³-hybridized carbons (Fsp3) is 0.385. The van der Waals surface area contributed by atoms with Crippen LogP contribution in [0.3, 0.4) is 0 Å². The molecule has 0 aliphatic carbocycles. The van der Waals surface area contributed by atoms with E-state index in [-0.39, 0.29) is 37.3 Å². The number of alkyl halides is 3. The molecule has 19 heavy (non-hydrogen) atoms. The minimum absolute atomic E-state index is 0.0534. The molecule has 1 saturated heterocycles. The number of carbonyl (C=O) groups is 2. The van der Waals surface area contributed by atoms with E-state index in [2.05, 4.69) is 0 Å². The number of rotatable bonds is 2. The lowest BCUT2D eigenvalue weighted by atomic mass is 10.0. The predicted molar refractivity (Wildman–Crippen MR) is 61.1 cm³/mol. The van der Waals surface area contributed by atoms with Crippen LogP contribution in [0.2, 0.25) is 0 Å². The Bertz CT molecular complexity index is 511. The Morgan fingerprint density at radius 2 is 1.84 bits per heavy atom. The Hall–Kier alpha value is -1.85. The van der Waals surface area contributed by atoms with Crippen molar-refractivity contribution in [2.75, 3.05) is 6.54 Å².